The Hall–Kier alpha value is -2.92. The molecule has 0 radical (unpaired) electrons. The van der Waals surface area contributed by atoms with Crippen LogP contribution in [0.5, 0.6) is 5.75 Å². The number of carbonyl (C=O) groups excluding carboxylic acids is 3. The molecule has 4 rings (SSSR count). The Morgan fingerprint density at radius 3 is 2.82 bits per heavy atom. The number of rotatable bonds is 6. The lowest BCUT2D eigenvalue weighted by Gasteiger charge is -2.32. The SMILES string of the molecule is CCOC(=O)c1c(NC(=O)CCN2C(=O)C(C)Oc3ccccc32)sc2c1CCS(=O)(=O)C2. The lowest BCUT2D eigenvalue weighted by atomic mass is 10.1. The van der Waals surface area contributed by atoms with E-state index < -0.39 is 27.8 Å². The van der Waals surface area contributed by atoms with E-state index in [0.717, 1.165) is 11.3 Å². The minimum absolute atomic E-state index is 0.0179. The number of anilines is 2. The number of fused-ring (bicyclic) bond motifs is 2. The van der Waals surface area contributed by atoms with Crippen LogP contribution >= 0.6 is 11.3 Å². The highest BCUT2D eigenvalue weighted by Gasteiger charge is 2.33. The number of amides is 2. The number of nitrogens with one attached hydrogen (secondary N) is 1. The number of sulfone groups is 1. The Kier molecular flexibility index (Phi) is 6.44. The zero-order chi connectivity index (χ0) is 23.8. The summed E-state index contributed by atoms with van der Waals surface area (Å²) in [6, 6.07) is 7.11. The molecule has 0 saturated heterocycles. The number of para-hydroxylation sites is 2. The highest BCUT2D eigenvalue weighted by Crippen LogP contribution is 2.39. The van der Waals surface area contributed by atoms with E-state index >= 15 is 0 Å². The molecule has 3 heterocycles. The quantitative estimate of drug-likeness (QED) is 0.616. The first-order valence-electron chi connectivity index (χ1n) is 10.6. The molecule has 0 spiro atoms. The van der Waals surface area contributed by atoms with E-state index in [-0.39, 0.29) is 54.0 Å². The number of hydrogen-bond acceptors (Lipinski definition) is 8. The van der Waals surface area contributed by atoms with Crippen molar-refractivity contribution in [2.45, 2.75) is 38.5 Å². The number of carbonyl (C=O) groups is 3. The Labute approximate surface area is 195 Å². The minimum Gasteiger partial charge on any atom is -0.479 e. The van der Waals surface area contributed by atoms with Gasteiger partial charge in [0.15, 0.2) is 15.9 Å². The fourth-order valence-corrected chi connectivity index (χ4v) is 6.98. The average Bonchev–Trinajstić information content (AvgIpc) is 3.09. The molecule has 33 heavy (non-hydrogen) atoms. The van der Waals surface area contributed by atoms with Gasteiger partial charge in [0.05, 0.1) is 29.4 Å². The first-order chi connectivity index (χ1) is 15.7. The van der Waals surface area contributed by atoms with E-state index in [2.05, 4.69) is 5.32 Å². The van der Waals surface area contributed by atoms with Gasteiger partial charge in [0.2, 0.25) is 5.91 Å². The number of ether oxygens (including phenoxy) is 2. The van der Waals surface area contributed by atoms with Crippen LogP contribution in [0.3, 0.4) is 0 Å². The summed E-state index contributed by atoms with van der Waals surface area (Å²) < 4.78 is 34.8. The highest BCUT2D eigenvalue weighted by atomic mass is 32.2. The predicted octanol–water partition coefficient (Wildman–Crippen LogP) is 2.54. The van der Waals surface area contributed by atoms with E-state index in [1.165, 1.54) is 4.90 Å². The van der Waals surface area contributed by atoms with Crippen molar-refractivity contribution in [3.8, 4) is 5.75 Å². The van der Waals surface area contributed by atoms with E-state index in [0.29, 0.717) is 21.9 Å². The molecule has 1 N–H and O–H groups in total. The van der Waals surface area contributed by atoms with Crippen LogP contribution < -0.4 is 15.0 Å². The summed E-state index contributed by atoms with van der Waals surface area (Å²) in [6.07, 6.45) is -0.477. The molecule has 2 aromatic rings. The van der Waals surface area contributed by atoms with E-state index in [1.807, 2.05) is 6.07 Å². The van der Waals surface area contributed by atoms with Gasteiger partial charge in [0, 0.05) is 17.8 Å². The highest BCUT2D eigenvalue weighted by molar-refractivity contribution is 7.90. The van der Waals surface area contributed by atoms with Crippen molar-refractivity contribution in [1.29, 1.82) is 0 Å². The molecule has 0 aliphatic carbocycles. The monoisotopic (exact) mass is 492 g/mol. The molecule has 0 saturated carbocycles. The molecule has 2 aliphatic rings. The van der Waals surface area contributed by atoms with Gasteiger partial charge >= 0.3 is 5.97 Å². The maximum absolute atomic E-state index is 12.8. The zero-order valence-corrected chi connectivity index (χ0v) is 19.9. The largest absolute Gasteiger partial charge is 0.479 e. The summed E-state index contributed by atoms with van der Waals surface area (Å²) >= 11 is 1.09. The Morgan fingerprint density at radius 1 is 1.30 bits per heavy atom. The summed E-state index contributed by atoms with van der Waals surface area (Å²) in [5.41, 5.74) is 1.44. The van der Waals surface area contributed by atoms with E-state index in [1.54, 1.807) is 32.0 Å². The Morgan fingerprint density at radius 2 is 2.06 bits per heavy atom. The number of esters is 1. The second-order valence-corrected chi connectivity index (χ2v) is 11.1. The van der Waals surface area contributed by atoms with Crippen LogP contribution in [0.1, 0.15) is 41.1 Å². The smallest absolute Gasteiger partial charge is 0.341 e. The minimum atomic E-state index is -3.24. The molecule has 1 aromatic heterocycles. The third-order valence-electron chi connectivity index (χ3n) is 5.47. The molecule has 11 heteroatoms. The second kappa shape index (κ2) is 9.14. The molecule has 9 nitrogen and oxygen atoms in total. The average molecular weight is 493 g/mol. The fraction of sp³-hybridized carbons (Fsp3) is 0.409. The first kappa shape index (κ1) is 23.2. The third kappa shape index (κ3) is 4.74. The molecule has 2 aliphatic heterocycles. The lowest BCUT2D eigenvalue weighted by Crippen LogP contribution is -2.45. The molecule has 1 aromatic carbocycles. The topological polar surface area (TPSA) is 119 Å². The van der Waals surface area contributed by atoms with Gasteiger partial charge in [-0.3, -0.25) is 9.59 Å². The van der Waals surface area contributed by atoms with Crippen LogP contribution in [0, 0.1) is 0 Å². The first-order valence-corrected chi connectivity index (χ1v) is 13.2. The molecule has 176 valence electrons. The Bertz CT molecular complexity index is 1220. The maximum Gasteiger partial charge on any atom is 0.341 e. The number of nitrogens with zero attached hydrogens (tertiary/aromatic N) is 1. The zero-order valence-electron chi connectivity index (χ0n) is 18.3. The van der Waals surface area contributed by atoms with Crippen LogP contribution in [0.4, 0.5) is 10.7 Å². The molecule has 2 amide bonds. The normalized spacial score (nSPS) is 18.7. The summed E-state index contributed by atoms with van der Waals surface area (Å²) in [6.45, 7) is 3.62. The van der Waals surface area contributed by atoms with Crippen molar-refractivity contribution in [2.24, 2.45) is 0 Å². The molecular formula is C22H24N2O7S2. The number of benzene rings is 1. The van der Waals surface area contributed by atoms with Crippen LogP contribution in [-0.2, 0) is 36.3 Å². The van der Waals surface area contributed by atoms with Gasteiger partial charge in [0.25, 0.3) is 5.91 Å². The van der Waals surface area contributed by atoms with Gasteiger partial charge in [-0.1, -0.05) is 12.1 Å². The molecule has 1 unspecified atom stereocenters. The van der Waals surface area contributed by atoms with Gasteiger partial charge in [-0.05, 0) is 38.0 Å². The fourth-order valence-electron chi connectivity index (χ4n) is 3.92. The van der Waals surface area contributed by atoms with E-state index in [4.69, 9.17) is 9.47 Å². The Balaban J connectivity index is 1.53. The maximum atomic E-state index is 12.8. The summed E-state index contributed by atoms with van der Waals surface area (Å²) in [7, 11) is -3.24. The summed E-state index contributed by atoms with van der Waals surface area (Å²) in [4.78, 5) is 40.0. The third-order valence-corrected chi connectivity index (χ3v) is 8.36. The molecule has 0 fully saturated rings. The van der Waals surface area contributed by atoms with Crippen LogP contribution in [0.25, 0.3) is 0 Å². The summed E-state index contributed by atoms with van der Waals surface area (Å²) in [5, 5.41) is 3.02. The standard InChI is InChI=1S/C22H24N2O7S2/c1-3-30-22(27)19-14-9-11-33(28,29)12-17(14)32-20(19)23-18(25)8-10-24-15-6-4-5-7-16(15)31-13(2)21(24)26/h4-7,13H,3,8-12H2,1-2H3,(H,23,25). The van der Waals surface area contributed by atoms with Crippen molar-refractivity contribution in [3.05, 3.63) is 40.3 Å². The van der Waals surface area contributed by atoms with Gasteiger partial charge in [0.1, 0.15) is 10.8 Å². The van der Waals surface area contributed by atoms with Crippen LogP contribution in [-0.4, -0.2) is 51.2 Å². The van der Waals surface area contributed by atoms with Crippen molar-refractivity contribution < 1.29 is 32.3 Å². The van der Waals surface area contributed by atoms with Gasteiger partial charge in [-0.2, -0.15) is 0 Å². The predicted molar refractivity (Wildman–Crippen MR) is 124 cm³/mol. The van der Waals surface area contributed by atoms with Gasteiger partial charge < -0.3 is 19.7 Å². The number of hydrogen-bond donors (Lipinski definition) is 1. The number of thiophene rings is 1. The van der Waals surface area contributed by atoms with E-state index in [9.17, 15) is 22.8 Å². The van der Waals surface area contributed by atoms with Gasteiger partial charge in [-0.15, -0.1) is 11.3 Å². The van der Waals surface area contributed by atoms with Crippen molar-refractivity contribution in [3.63, 3.8) is 0 Å². The molecule has 1 atom stereocenters. The summed E-state index contributed by atoms with van der Waals surface area (Å²) in [5.74, 6) is -0.867. The van der Waals surface area contributed by atoms with Crippen molar-refractivity contribution in [1.82, 2.24) is 0 Å². The van der Waals surface area contributed by atoms with Crippen molar-refractivity contribution >= 4 is 49.6 Å². The lowest BCUT2D eigenvalue weighted by molar-refractivity contribution is -0.125. The van der Waals surface area contributed by atoms with Crippen LogP contribution in [0.2, 0.25) is 0 Å². The van der Waals surface area contributed by atoms with Gasteiger partial charge in [-0.25, -0.2) is 13.2 Å². The molecular weight excluding hydrogens is 468 g/mol. The molecule has 0 bridgehead atoms. The van der Waals surface area contributed by atoms with Crippen LogP contribution in [0.15, 0.2) is 24.3 Å². The van der Waals surface area contributed by atoms with Crippen molar-refractivity contribution in [2.75, 3.05) is 29.1 Å². The second-order valence-electron chi connectivity index (χ2n) is 7.79.